The zero-order valence-corrected chi connectivity index (χ0v) is 24.7. The second kappa shape index (κ2) is 18.4. The van der Waals surface area contributed by atoms with Crippen molar-refractivity contribution in [1.82, 2.24) is 0 Å². The second-order valence-corrected chi connectivity index (χ2v) is 15.2. The normalized spacial score (nSPS) is 16.2. The average Bonchev–Trinajstić information content (AvgIpc) is 3.13. The summed E-state index contributed by atoms with van der Waals surface area (Å²) in [4.78, 5) is 0. The van der Waals surface area contributed by atoms with Gasteiger partial charge in [-0.25, -0.2) is 0 Å². The molecular weight excluding hydrogens is 617 g/mol. The van der Waals surface area contributed by atoms with Gasteiger partial charge in [0.1, 0.15) is 0 Å². The smallest absolute Gasteiger partial charge is 4.00 e. The van der Waals surface area contributed by atoms with Crippen LogP contribution in [0.25, 0.3) is 17.2 Å². The van der Waals surface area contributed by atoms with Gasteiger partial charge in [-0.15, -0.1) is 18.1 Å². The SMILES string of the molecule is CCC(C)[NH-].CCC(C)[NH-].CCC(C)[NH-].F[C](F)(F)[Ge]([C]1=[C-]CC=C1)([C](F)(F)F)[C](F)(F)F.[Zr+4]. The van der Waals surface area contributed by atoms with Crippen LogP contribution in [0.5, 0.6) is 0 Å². The van der Waals surface area contributed by atoms with Gasteiger partial charge in [-0.3, -0.25) is 0 Å². The largest absolute Gasteiger partial charge is 4.00 e. The number of halogens is 9. The van der Waals surface area contributed by atoms with Crippen LogP contribution in [0.3, 0.4) is 0 Å². The molecule has 0 aromatic carbocycles. The minimum Gasteiger partial charge on any atom is 4.00 e. The summed E-state index contributed by atoms with van der Waals surface area (Å²) in [5, 5.41) is -19.1. The minimum absolute atomic E-state index is 0. The van der Waals surface area contributed by atoms with Crippen molar-refractivity contribution in [2.75, 3.05) is 0 Å². The number of hydrogen-bond donors (Lipinski definition) is 0. The molecule has 1 rings (SSSR count). The molecule has 0 saturated carbocycles. The van der Waals surface area contributed by atoms with Crippen molar-refractivity contribution in [1.29, 1.82) is 0 Å². The Kier molecular flexibility index (Phi) is 22.4. The molecule has 0 saturated heterocycles. The van der Waals surface area contributed by atoms with Crippen LogP contribution in [0.2, 0.25) is 0 Å². The van der Waals surface area contributed by atoms with Crippen molar-refractivity contribution in [3.63, 3.8) is 0 Å². The molecule has 1 aliphatic carbocycles. The standard InChI is InChI=1S/C8H4F9Ge.3C4H10N.Zr/c9-6(10,11)18(7(12,13)14,8(15,16)17)5-3-1-2-4-5;3*1-3-4(2)5;/h1,3H,2H2;3*4-5H,3H2,1-2H3;/q4*-1;+4. The molecule has 3 nitrogen and oxygen atoms in total. The Bertz CT molecular complexity index is 516. The topological polar surface area (TPSA) is 71.4 Å². The van der Waals surface area contributed by atoms with Crippen LogP contribution in [0, 0.1) is 6.08 Å². The molecule has 0 fully saturated rings. The van der Waals surface area contributed by atoms with Crippen LogP contribution >= 0.6 is 0 Å². The van der Waals surface area contributed by atoms with Crippen molar-refractivity contribution in [3.8, 4) is 0 Å². The Morgan fingerprint density at radius 3 is 1.09 bits per heavy atom. The Morgan fingerprint density at radius 2 is 0.971 bits per heavy atom. The Morgan fingerprint density at radius 1 is 0.735 bits per heavy atom. The fourth-order valence-corrected chi connectivity index (χ4v) is 7.09. The molecule has 0 aliphatic heterocycles. The van der Waals surface area contributed by atoms with E-state index in [1.807, 2.05) is 41.5 Å². The van der Waals surface area contributed by atoms with E-state index in [0.29, 0.717) is 0 Å². The first-order chi connectivity index (χ1) is 14.7. The first-order valence-electron chi connectivity index (χ1n) is 10.3. The number of hydrogen-bond acceptors (Lipinski definition) is 0. The third-order valence-electron chi connectivity index (χ3n) is 4.21. The van der Waals surface area contributed by atoms with Gasteiger partial charge in [0.05, 0.1) is 0 Å². The Labute approximate surface area is 218 Å². The molecule has 0 radical (unpaired) electrons. The van der Waals surface area contributed by atoms with E-state index in [1.54, 1.807) is 6.08 Å². The maximum absolute atomic E-state index is 12.6. The fraction of sp³-hybridized carbons (Fsp3) is 0.800. The summed E-state index contributed by atoms with van der Waals surface area (Å²) in [5.41, 5.74) is 20.5. The molecule has 3 N–H and O–H groups in total. The molecule has 3 unspecified atom stereocenters. The summed E-state index contributed by atoms with van der Waals surface area (Å²) in [5.74, 6) is 0. The van der Waals surface area contributed by atoms with Crippen molar-refractivity contribution in [2.24, 2.45) is 0 Å². The summed E-state index contributed by atoms with van der Waals surface area (Å²) >= 11 is -8.40. The van der Waals surface area contributed by atoms with Gasteiger partial charge in [-0.1, -0.05) is 60.8 Å². The summed E-state index contributed by atoms with van der Waals surface area (Å²) in [6, 6.07) is 0.403. The number of alkyl halides is 9. The van der Waals surface area contributed by atoms with Crippen LogP contribution < -0.4 is 0 Å². The van der Waals surface area contributed by atoms with E-state index in [4.69, 9.17) is 17.2 Å². The van der Waals surface area contributed by atoms with Gasteiger partial charge in [0.2, 0.25) is 0 Å². The van der Waals surface area contributed by atoms with Gasteiger partial charge < -0.3 is 17.2 Å². The van der Waals surface area contributed by atoms with Gasteiger partial charge in [-0.2, -0.15) is 0 Å². The molecular formula is C20H34F9GeN3Zr. The summed E-state index contributed by atoms with van der Waals surface area (Å²) < 4.78 is 111. The van der Waals surface area contributed by atoms with Crippen molar-refractivity contribution >= 4 is 13.3 Å². The van der Waals surface area contributed by atoms with Crippen LogP contribution in [0.4, 0.5) is 39.5 Å². The predicted octanol–water partition coefficient (Wildman–Crippen LogP) is 9.48. The van der Waals surface area contributed by atoms with Crippen LogP contribution in [-0.2, 0) is 26.2 Å². The van der Waals surface area contributed by atoms with Gasteiger partial charge in [0.25, 0.3) is 0 Å². The Balaban J connectivity index is -0.000000231. The molecule has 0 heterocycles. The van der Waals surface area contributed by atoms with Crippen LogP contribution in [-0.4, -0.2) is 46.4 Å². The zero-order chi connectivity index (χ0) is 27.3. The molecule has 0 aromatic rings. The van der Waals surface area contributed by atoms with Crippen molar-refractivity contribution < 1.29 is 65.7 Å². The van der Waals surface area contributed by atoms with E-state index in [1.165, 1.54) is 0 Å². The van der Waals surface area contributed by atoms with E-state index in [0.717, 1.165) is 25.3 Å². The van der Waals surface area contributed by atoms with Crippen LogP contribution in [0.15, 0.2) is 16.6 Å². The summed E-state index contributed by atoms with van der Waals surface area (Å²) in [6.45, 7) is 11.7. The fourth-order valence-electron chi connectivity index (χ4n) is 1.60. The maximum Gasteiger partial charge on any atom is 4.00 e. The second-order valence-electron chi connectivity index (χ2n) is 7.37. The van der Waals surface area contributed by atoms with E-state index >= 15 is 0 Å². The van der Waals surface area contributed by atoms with Gasteiger partial charge in [-0.05, 0) is 0 Å². The van der Waals surface area contributed by atoms with Gasteiger partial charge in [0.15, 0.2) is 0 Å². The quantitative estimate of drug-likeness (QED) is 0.165. The molecule has 34 heavy (non-hydrogen) atoms. The molecule has 0 spiro atoms. The number of rotatable bonds is 4. The summed E-state index contributed by atoms with van der Waals surface area (Å²) in [7, 11) is 0. The number of allylic oxidation sites excluding steroid dienone is 4. The molecule has 1 aliphatic rings. The van der Waals surface area contributed by atoms with Crippen LogP contribution in [0.1, 0.15) is 67.2 Å². The monoisotopic (exact) mass is 651 g/mol. The van der Waals surface area contributed by atoms with Crippen molar-refractivity contribution in [3.05, 3.63) is 39.8 Å². The first kappa shape index (κ1) is 41.3. The average molecular weight is 651 g/mol. The maximum atomic E-state index is 12.6. The third kappa shape index (κ3) is 14.7. The molecule has 0 aromatic heterocycles. The molecule has 200 valence electrons. The minimum atomic E-state index is -8.40. The van der Waals surface area contributed by atoms with E-state index in [2.05, 4.69) is 0 Å². The zero-order valence-electron chi connectivity index (χ0n) is 20.1. The van der Waals surface area contributed by atoms with Gasteiger partial charge >= 0.3 is 123 Å². The Hall–Kier alpha value is 0.156. The van der Waals surface area contributed by atoms with E-state index in [9.17, 15) is 39.5 Å². The molecule has 14 heteroatoms. The predicted molar refractivity (Wildman–Crippen MR) is 117 cm³/mol. The third-order valence-corrected chi connectivity index (χ3v) is 12.0. The van der Waals surface area contributed by atoms with Crippen molar-refractivity contribution in [2.45, 2.75) is 100 Å². The number of nitrogens with one attached hydrogen (secondary N) is 3. The van der Waals surface area contributed by atoms with E-state index < -0.39 is 39.1 Å². The van der Waals surface area contributed by atoms with E-state index in [-0.39, 0.29) is 50.4 Å². The van der Waals surface area contributed by atoms with Gasteiger partial charge in [0, 0.05) is 0 Å². The molecule has 0 amide bonds. The molecule has 3 atom stereocenters. The summed E-state index contributed by atoms with van der Waals surface area (Å²) in [6.07, 6.45) is 5.00. The molecule has 0 bridgehead atoms. The first-order valence-corrected chi connectivity index (χ1v) is 14.5.